The van der Waals surface area contributed by atoms with Crippen LogP contribution in [0.2, 0.25) is 0 Å². The van der Waals surface area contributed by atoms with Crippen LogP contribution in [0.25, 0.3) is 0 Å². The molecule has 0 spiro atoms. The fourth-order valence-electron chi connectivity index (χ4n) is 4.41. The molecule has 0 saturated carbocycles. The molecule has 1 unspecified atom stereocenters. The average molecular weight is 546 g/mol. The van der Waals surface area contributed by atoms with Crippen molar-refractivity contribution in [3.05, 3.63) is 59.8 Å². The first-order valence-corrected chi connectivity index (χ1v) is 12.3. The third-order valence-electron chi connectivity index (χ3n) is 6.43. The Morgan fingerprint density at radius 1 is 1.05 bits per heavy atom. The van der Waals surface area contributed by atoms with Crippen LogP contribution in [0.4, 0.5) is 30.6 Å². The van der Waals surface area contributed by atoms with Gasteiger partial charge in [-0.2, -0.15) is 18.2 Å². The van der Waals surface area contributed by atoms with Gasteiger partial charge in [-0.05, 0) is 36.6 Å². The molecule has 3 aromatic rings. The van der Waals surface area contributed by atoms with Crippen LogP contribution in [0.3, 0.4) is 0 Å². The highest BCUT2D eigenvalue weighted by Crippen LogP contribution is 2.40. The maximum atomic E-state index is 12.9. The Hall–Kier alpha value is -4.22. The van der Waals surface area contributed by atoms with Crippen LogP contribution in [0.1, 0.15) is 24.0 Å². The van der Waals surface area contributed by atoms with E-state index in [-0.39, 0.29) is 18.4 Å². The van der Waals surface area contributed by atoms with Crippen molar-refractivity contribution in [3.8, 4) is 17.2 Å². The lowest BCUT2D eigenvalue weighted by molar-refractivity contribution is -0.137. The summed E-state index contributed by atoms with van der Waals surface area (Å²) in [6.45, 7) is 1.34. The van der Waals surface area contributed by atoms with Crippen molar-refractivity contribution in [1.82, 2.24) is 15.3 Å². The lowest BCUT2D eigenvalue weighted by Gasteiger charge is -2.33. The lowest BCUT2D eigenvalue weighted by Crippen LogP contribution is -2.43. The zero-order chi connectivity index (χ0) is 28.0. The maximum Gasteiger partial charge on any atom is 0.416 e. The number of carbonyl (C=O) groups is 1. The van der Waals surface area contributed by atoms with Crippen LogP contribution in [0.5, 0.6) is 17.2 Å². The summed E-state index contributed by atoms with van der Waals surface area (Å²) in [6, 6.07) is 10.1. The number of benzene rings is 2. The van der Waals surface area contributed by atoms with Crippen molar-refractivity contribution in [2.45, 2.75) is 25.6 Å². The highest BCUT2D eigenvalue weighted by molar-refractivity contribution is 5.79. The van der Waals surface area contributed by atoms with Crippen molar-refractivity contribution in [1.29, 1.82) is 0 Å². The number of halogens is 3. The first-order chi connectivity index (χ1) is 18.7. The zero-order valence-electron chi connectivity index (χ0n) is 21.8. The van der Waals surface area contributed by atoms with Gasteiger partial charge >= 0.3 is 6.18 Å². The van der Waals surface area contributed by atoms with Crippen molar-refractivity contribution in [2.24, 2.45) is 5.92 Å². The molecule has 0 aliphatic carbocycles. The largest absolute Gasteiger partial charge is 0.493 e. The minimum absolute atomic E-state index is 0.149. The molecule has 12 heteroatoms. The number of alkyl halides is 3. The molecule has 2 N–H and O–H groups in total. The Bertz CT molecular complexity index is 1260. The topological polar surface area (TPSA) is 97.8 Å². The molecule has 2 aromatic carbocycles. The normalized spacial score (nSPS) is 15.4. The summed E-state index contributed by atoms with van der Waals surface area (Å²) in [5, 5.41) is 6.00. The van der Waals surface area contributed by atoms with Crippen molar-refractivity contribution in [3.63, 3.8) is 0 Å². The molecule has 1 atom stereocenters. The van der Waals surface area contributed by atoms with Gasteiger partial charge in [0.2, 0.25) is 17.6 Å². The number of amides is 1. The molecule has 1 amide bonds. The summed E-state index contributed by atoms with van der Waals surface area (Å²) in [5.74, 6) is 2.03. The van der Waals surface area contributed by atoms with Gasteiger partial charge in [-0.1, -0.05) is 12.1 Å². The molecule has 1 aromatic heterocycles. The number of carbonyl (C=O) groups excluding carboxylic acids is 1. The Balaban J connectivity index is 1.39. The van der Waals surface area contributed by atoms with Crippen molar-refractivity contribution < 1.29 is 32.2 Å². The summed E-state index contributed by atoms with van der Waals surface area (Å²) in [6.07, 6.45) is -1.26. The minimum Gasteiger partial charge on any atom is -0.493 e. The second kappa shape index (κ2) is 12.1. The van der Waals surface area contributed by atoms with E-state index in [4.69, 9.17) is 14.2 Å². The Kier molecular flexibility index (Phi) is 8.62. The van der Waals surface area contributed by atoms with Gasteiger partial charge < -0.3 is 29.7 Å². The molecule has 2 heterocycles. The predicted molar refractivity (Wildman–Crippen MR) is 140 cm³/mol. The second-order valence-corrected chi connectivity index (χ2v) is 8.98. The van der Waals surface area contributed by atoms with Crippen LogP contribution in [0, 0.1) is 5.92 Å². The van der Waals surface area contributed by atoms with Crippen LogP contribution >= 0.6 is 0 Å². The average Bonchev–Trinajstić information content (AvgIpc) is 2.95. The van der Waals surface area contributed by atoms with Gasteiger partial charge in [0.05, 0.1) is 32.8 Å². The number of hydrogen-bond acceptors (Lipinski definition) is 8. The number of hydrogen-bond donors (Lipinski definition) is 2. The SMILES string of the molecule is COc1cc(Nc2nccc(N3CCCC(C(=O)NCc4ccc(C(F)(F)F)cc4)C3)n2)cc(OC)c1OC. The molecule has 208 valence electrons. The lowest BCUT2D eigenvalue weighted by atomic mass is 9.97. The molecule has 1 aliphatic rings. The highest BCUT2D eigenvalue weighted by atomic mass is 19.4. The number of anilines is 3. The monoisotopic (exact) mass is 545 g/mol. The summed E-state index contributed by atoms with van der Waals surface area (Å²) < 4.78 is 54.5. The molecule has 0 bridgehead atoms. The number of methoxy groups -OCH3 is 3. The van der Waals surface area contributed by atoms with Gasteiger partial charge in [-0.3, -0.25) is 4.79 Å². The van der Waals surface area contributed by atoms with Crippen molar-refractivity contribution >= 4 is 23.4 Å². The fraction of sp³-hybridized carbons (Fsp3) is 0.370. The highest BCUT2D eigenvalue weighted by Gasteiger charge is 2.30. The van der Waals surface area contributed by atoms with E-state index in [0.29, 0.717) is 53.2 Å². The van der Waals surface area contributed by atoms with E-state index in [0.717, 1.165) is 25.1 Å². The van der Waals surface area contributed by atoms with E-state index in [9.17, 15) is 18.0 Å². The number of ether oxygens (including phenoxy) is 3. The molecular formula is C27H30F3N5O4. The third-order valence-corrected chi connectivity index (χ3v) is 6.43. The minimum atomic E-state index is -4.39. The Morgan fingerprint density at radius 2 is 1.74 bits per heavy atom. The molecule has 1 saturated heterocycles. The molecule has 4 rings (SSSR count). The van der Waals surface area contributed by atoms with E-state index >= 15 is 0 Å². The van der Waals surface area contributed by atoms with Crippen LogP contribution < -0.4 is 29.7 Å². The van der Waals surface area contributed by atoms with Crippen LogP contribution in [0.15, 0.2) is 48.7 Å². The second-order valence-electron chi connectivity index (χ2n) is 8.98. The summed E-state index contributed by atoms with van der Waals surface area (Å²) in [4.78, 5) is 23.8. The van der Waals surface area contributed by atoms with Crippen LogP contribution in [-0.2, 0) is 17.5 Å². The first kappa shape index (κ1) is 27.8. The molecule has 1 aliphatic heterocycles. The number of rotatable bonds is 9. The van der Waals surface area contributed by atoms with E-state index in [1.54, 1.807) is 24.4 Å². The number of aromatic nitrogens is 2. The quantitative estimate of drug-likeness (QED) is 0.396. The fourth-order valence-corrected chi connectivity index (χ4v) is 4.41. The van der Waals surface area contributed by atoms with Gasteiger partial charge in [0.25, 0.3) is 0 Å². The molecule has 0 radical (unpaired) electrons. The molecule has 1 fully saturated rings. The maximum absolute atomic E-state index is 12.9. The van der Waals surface area contributed by atoms with Gasteiger partial charge in [0.15, 0.2) is 11.5 Å². The number of nitrogens with zero attached hydrogens (tertiary/aromatic N) is 3. The van der Waals surface area contributed by atoms with Gasteiger partial charge in [0, 0.05) is 43.7 Å². The van der Waals surface area contributed by atoms with Gasteiger partial charge in [-0.25, -0.2) is 4.98 Å². The standard InChI is InChI=1S/C27H30F3N5O4/c1-37-21-13-20(14-22(38-2)24(21)39-3)33-26-31-11-10-23(34-26)35-12-4-5-18(16-35)25(36)32-15-17-6-8-19(9-7-17)27(28,29)30/h6-11,13-14,18H,4-5,12,15-16H2,1-3H3,(H,32,36)(H,31,33,34). The van der Waals surface area contributed by atoms with Gasteiger partial charge in [0.1, 0.15) is 5.82 Å². The van der Waals surface area contributed by atoms with E-state index < -0.39 is 11.7 Å². The van der Waals surface area contributed by atoms with E-state index in [2.05, 4.69) is 20.6 Å². The summed E-state index contributed by atoms with van der Waals surface area (Å²) >= 11 is 0. The van der Waals surface area contributed by atoms with Crippen LogP contribution in [-0.4, -0.2) is 50.3 Å². The molecule has 9 nitrogen and oxygen atoms in total. The summed E-state index contributed by atoms with van der Waals surface area (Å²) in [5.41, 5.74) is 0.521. The third kappa shape index (κ3) is 6.81. The Morgan fingerprint density at radius 3 is 2.36 bits per heavy atom. The summed E-state index contributed by atoms with van der Waals surface area (Å²) in [7, 11) is 4.59. The molecular weight excluding hydrogens is 515 g/mol. The Labute approximate surface area is 224 Å². The van der Waals surface area contributed by atoms with E-state index in [1.807, 2.05) is 4.90 Å². The smallest absolute Gasteiger partial charge is 0.416 e. The molecule has 39 heavy (non-hydrogen) atoms. The zero-order valence-corrected chi connectivity index (χ0v) is 21.8. The first-order valence-electron chi connectivity index (χ1n) is 12.3. The number of nitrogens with one attached hydrogen (secondary N) is 2. The predicted octanol–water partition coefficient (Wildman–Crippen LogP) is 4.80. The van der Waals surface area contributed by atoms with Gasteiger partial charge in [-0.15, -0.1) is 0 Å². The van der Waals surface area contributed by atoms with Crippen molar-refractivity contribution in [2.75, 3.05) is 44.6 Å². The number of piperidine rings is 1. The van der Waals surface area contributed by atoms with E-state index in [1.165, 1.54) is 33.5 Å².